The summed E-state index contributed by atoms with van der Waals surface area (Å²) in [5, 5.41) is -0.0484. The van der Waals surface area contributed by atoms with Crippen molar-refractivity contribution in [2.75, 3.05) is 0 Å². The highest BCUT2D eigenvalue weighted by atomic mass is 35.7. The zero-order chi connectivity index (χ0) is 10.9. The smallest absolute Gasteiger partial charge is 0.263 e. The number of carbonyl (C=O) groups is 1. The highest BCUT2D eigenvalue weighted by Gasteiger charge is 2.21. The van der Waals surface area contributed by atoms with Gasteiger partial charge in [-0.3, -0.25) is 4.79 Å². The van der Waals surface area contributed by atoms with Crippen LogP contribution in [0.15, 0.2) is 23.1 Å². The van der Waals surface area contributed by atoms with Crippen LogP contribution in [0, 0.1) is 0 Å². The van der Waals surface area contributed by atoms with Gasteiger partial charge in [-0.05, 0) is 19.1 Å². The Morgan fingerprint density at radius 1 is 1.36 bits per heavy atom. The van der Waals surface area contributed by atoms with Gasteiger partial charge in [0, 0.05) is 16.2 Å². The van der Waals surface area contributed by atoms with Crippen molar-refractivity contribution in [1.29, 1.82) is 0 Å². The van der Waals surface area contributed by atoms with Crippen molar-refractivity contribution in [3.63, 3.8) is 0 Å². The van der Waals surface area contributed by atoms with E-state index in [2.05, 4.69) is 0 Å². The summed E-state index contributed by atoms with van der Waals surface area (Å²) in [5.74, 6) is -0.397. The Balaban J connectivity index is 3.62. The lowest BCUT2D eigenvalue weighted by molar-refractivity contribution is 0.101. The van der Waals surface area contributed by atoms with Gasteiger partial charge in [-0.15, -0.1) is 0 Å². The molecule has 0 atom stereocenters. The molecule has 0 radical (unpaired) electrons. The molecular weight excluding hydrogens is 247 g/mol. The second-order valence-electron chi connectivity index (χ2n) is 2.61. The molecular formula is C8H6Cl2O3S. The van der Waals surface area contributed by atoms with Crippen molar-refractivity contribution in [1.82, 2.24) is 0 Å². The average molecular weight is 253 g/mol. The molecule has 1 rings (SSSR count). The number of rotatable bonds is 2. The molecule has 0 aliphatic heterocycles. The topological polar surface area (TPSA) is 51.2 Å². The Bertz CT molecular complexity index is 479. The molecule has 76 valence electrons. The molecule has 3 nitrogen and oxygen atoms in total. The Morgan fingerprint density at radius 2 is 1.93 bits per heavy atom. The minimum absolute atomic E-state index is 0.00694. The summed E-state index contributed by atoms with van der Waals surface area (Å²) in [5.41, 5.74) is 0.00694. The first kappa shape index (κ1) is 11.5. The third-order valence-corrected chi connectivity index (χ3v) is 3.41. The molecule has 0 aromatic heterocycles. The van der Waals surface area contributed by atoms with E-state index in [1.54, 1.807) is 0 Å². The van der Waals surface area contributed by atoms with Crippen LogP contribution in [-0.2, 0) is 9.05 Å². The molecule has 14 heavy (non-hydrogen) atoms. The summed E-state index contributed by atoms with van der Waals surface area (Å²) < 4.78 is 22.2. The van der Waals surface area contributed by atoms with E-state index >= 15 is 0 Å². The Labute approximate surface area is 91.1 Å². The SMILES string of the molecule is CC(=O)c1cccc(Cl)c1S(=O)(=O)Cl. The van der Waals surface area contributed by atoms with Gasteiger partial charge in [0.1, 0.15) is 4.90 Å². The van der Waals surface area contributed by atoms with Gasteiger partial charge in [-0.2, -0.15) is 0 Å². The van der Waals surface area contributed by atoms with Gasteiger partial charge in [0.25, 0.3) is 9.05 Å². The number of benzene rings is 1. The molecule has 0 fully saturated rings. The summed E-state index contributed by atoms with van der Waals surface area (Å²) in [7, 11) is 1.16. The third-order valence-electron chi connectivity index (χ3n) is 1.59. The first-order valence-corrected chi connectivity index (χ1v) is 6.27. The number of hydrogen-bond acceptors (Lipinski definition) is 3. The first-order valence-electron chi connectivity index (χ1n) is 3.58. The highest BCUT2D eigenvalue weighted by Crippen LogP contribution is 2.28. The van der Waals surface area contributed by atoms with Crippen molar-refractivity contribution in [3.05, 3.63) is 28.8 Å². The van der Waals surface area contributed by atoms with E-state index in [-0.39, 0.29) is 15.5 Å². The maximum absolute atomic E-state index is 11.1. The number of Topliss-reactive ketones (excluding diaryl/α,β-unsaturated/α-hetero) is 1. The normalized spacial score (nSPS) is 11.4. The van der Waals surface area contributed by atoms with Gasteiger partial charge in [-0.1, -0.05) is 17.7 Å². The molecule has 0 spiro atoms. The standard InChI is InChI=1S/C8H6Cl2O3S/c1-5(11)6-3-2-4-7(9)8(6)14(10,12)13/h2-4H,1H3. The molecule has 0 aliphatic rings. The van der Waals surface area contributed by atoms with E-state index in [1.165, 1.54) is 25.1 Å². The zero-order valence-electron chi connectivity index (χ0n) is 7.12. The lowest BCUT2D eigenvalue weighted by Gasteiger charge is -2.04. The highest BCUT2D eigenvalue weighted by molar-refractivity contribution is 8.13. The lowest BCUT2D eigenvalue weighted by atomic mass is 10.1. The Kier molecular flexibility index (Phi) is 3.19. The van der Waals surface area contributed by atoms with Gasteiger partial charge < -0.3 is 0 Å². The van der Waals surface area contributed by atoms with Crippen LogP contribution in [0.3, 0.4) is 0 Å². The maximum atomic E-state index is 11.1. The van der Waals surface area contributed by atoms with Crippen molar-refractivity contribution < 1.29 is 13.2 Å². The predicted octanol–water partition coefficient (Wildman–Crippen LogP) is 2.47. The monoisotopic (exact) mass is 252 g/mol. The lowest BCUT2D eigenvalue weighted by Crippen LogP contribution is -2.03. The van der Waals surface area contributed by atoms with Crippen LogP contribution in [0.25, 0.3) is 0 Å². The van der Waals surface area contributed by atoms with E-state index in [0.717, 1.165) is 0 Å². The van der Waals surface area contributed by atoms with E-state index in [0.29, 0.717) is 0 Å². The van der Waals surface area contributed by atoms with Gasteiger partial charge in [-0.25, -0.2) is 8.42 Å². The zero-order valence-corrected chi connectivity index (χ0v) is 9.45. The van der Waals surface area contributed by atoms with Gasteiger partial charge in [0.15, 0.2) is 5.78 Å². The van der Waals surface area contributed by atoms with E-state index in [9.17, 15) is 13.2 Å². The summed E-state index contributed by atoms with van der Waals surface area (Å²) in [4.78, 5) is 10.8. The van der Waals surface area contributed by atoms with Gasteiger partial charge >= 0.3 is 0 Å². The van der Waals surface area contributed by atoms with E-state index in [1.807, 2.05) is 0 Å². The molecule has 6 heteroatoms. The van der Waals surface area contributed by atoms with Crippen molar-refractivity contribution in [3.8, 4) is 0 Å². The van der Waals surface area contributed by atoms with Gasteiger partial charge in [0.2, 0.25) is 0 Å². The second kappa shape index (κ2) is 3.88. The number of hydrogen-bond donors (Lipinski definition) is 0. The van der Waals surface area contributed by atoms with E-state index in [4.69, 9.17) is 22.3 Å². The number of carbonyl (C=O) groups excluding carboxylic acids is 1. The van der Waals surface area contributed by atoms with Crippen LogP contribution in [0.5, 0.6) is 0 Å². The van der Waals surface area contributed by atoms with Crippen LogP contribution in [0.2, 0.25) is 5.02 Å². The predicted molar refractivity (Wildman–Crippen MR) is 54.5 cm³/mol. The fraction of sp³-hybridized carbons (Fsp3) is 0.125. The molecule has 0 amide bonds. The van der Waals surface area contributed by atoms with Crippen molar-refractivity contribution in [2.45, 2.75) is 11.8 Å². The minimum atomic E-state index is -3.99. The van der Waals surface area contributed by atoms with Crippen LogP contribution in [0.1, 0.15) is 17.3 Å². The number of ketones is 1. The fourth-order valence-corrected chi connectivity index (χ4v) is 2.91. The molecule has 0 unspecified atom stereocenters. The summed E-state index contributed by atoms with van der Waals surface area (Å²) in [6.45, 7) is 1.25. The van der Waals surface area contributed by atoms with E-state index < -0.39 is 14.8 Å². The molecule has 0 bridgehead atoms. The third kappa shape index (κ3) is 2.26. The summed E-state index contributed by atoms with van der Waals surface area (Å²) >= 11 is 5.64. The first-order chi connectivity index (χ1) is 6.34. The summed E-state index contributed by atoms with van der Waals surface area (Å²) in [6, 6.07) is 4.22. The van der Waals surface area contributed by atoms with Crippen LogP contribution in [0.4, 0.5) is 0 Å². The Hall–Kier alpha value is -0.580. The van der Waals surface area contributed by atoms with Crippen LogP contribution < -0.4 is 0 Å². The maximum Gasteiger partial charge on any atom is 0.263 e. The second-order valence-corrected chi connectivity index (χ2v) is 5.52. The van der Waals surface area contributed by atoms with Crippen molar-refractivity contribution in [2.24, 2.45) is 0 Å². The summed E-state index contributed by atoms with van der Waals surface area (Å²) in [6.07, 6.45) is 0. The molecule has 0 aliphatic carbocycles. The molecule has 0 saturated carbocycles. The van der Waals surface area contributed by atoms with Crippen LogP contribution >= 0.6 is 22.3 Å². The molecule has 0 N–H and O–H groups in total. The molecule has 0 heterocycles. The quantitative estimate of drug-likeness (QED) is 0.601. The molecule has 1 aromatic carbocycles. The number of halogens is 2. The minimum Gasteiger partial charge on any atom is -0.294 e. The largest absolute Gasteiger partial charge is 0.294 e. The average Bonchev–Trinajstić information content (AvgIpc) is 2.01. The molecule has 0 saturated heterocycles. The van der Waals surface area contributed by atoms with Crippen LogP contribution in [-0.4, -0.2) is 14.2 Å². The molecule has 1 aromatic rings. The van der Waals surface area contributed by atoms with Crippen molar-refractivity contribution >= 4 is 37.1 Å². The Morgan fingerprint density at radius 3 is 2.29 bits per heavy atom. The van der Waals surface area contributed by atoms with Gasteiger partial charge in [0.05, 0.1) is 5.02 Å². The fourth-order valence-electron chi connectivity index (χ4n) is 1.03.